The van der Waals surface area contributed by atoms with Crippen LogP contribution < -0.4 is 11.5 Å². The Bertz CT molecular complexity index is 1000. The van der Waals surface area contributed by atoms with Crippen LogP contribution in [0, 0.1) is 0 Å². The van der Waals surface area contributed by atoms with Crippen LogP contribution in [-0.2, 0) is 12.8 Å². The van der Waals surface area contributed by atoms with Crippen molar-refractivity contribution >= 4 is 33.2 Å². The third kappa shape index (κ3) is 3.85. The molecule has 0 radical (unpaired) electrons. The van der Waals surface area contributed by atoms with Crippen molar-refractivity contribution in [2.24, 2.45) is 0 Å². The average molecular weight is 356 g/mol. The normalized spacial score (nSPS) is 11.3. The molecule has 4 aromatic rings. The Labute approximate surface area is 159 Å². The number of para-hydroxylation sites is 2. The van der Waals surface area contributed by atoms with E-state index in [4.69, 9.17) is 21.4 Å². The molecule has 0 atom stereocenters. The Morgan fingerprint density at radius 3 is 1.52 bits per heavy atom. The number of anilines is 2. The Hall–Kier alpha value is -3.14. The van der Waals surface area contributed by atoms with Gasteiger partial charge in [0.25, 0.3) is 0 Å². The Balaban J connectivity index is 1.33. The second-order valence-corrected chi connectivity index (χ2v) is 7.00. The molecule has 27 heavy (non-hydrogen) atoms. The molecular formula is C23H24N4. The summed E-state index contributed by atoms with van der Waals surface area (Å²) in [5, 5.41) is 2.06. The van der Waals surface area contributed by atoms with E-state index in [-0.39, 0.29) is 0 Å². The van der Waals surface area contributed by atoms with Crippen LogP contribution in [0.5, 0.6) is 0 Å². The molecule has 2 aromatic carbocycles. The summed E-state index contributed by atoms with van der Waals surface area (Å²) in [4.78, 5) is 9.46. The van der Waals surface area contributed by atoms with Crippen molar-refractivity contribution in [1.29, 1.82) is 0 Å². The molecule has 0 aliphatic rings. The van der Waals surface area contributed by atoms with Gasteiger partial charge in [-0.25, -0.2) is 0 Å². The standard InChI is InChI=1S/C23H24N4/c24-20-14-16(26-22-12-6-4-10-18(20)22)8-2-1-3-9-17-15-21(25)19-11-5-7-13-23(19)27-17/h4-7,10-15H,1-3,8-9H2,(H2,24,26)(H2,25,27). The number of nitrogens with two attached hydrogens (primary N) is 2. The van der Waals surface area contributed by atoms with E-state index in [1.807, 2.05) is 60.7 Å². The lowest BCUT2D eigenvalue weighted by Gasteiger charge is -2.07. The first kappa shape index (κ1) is 17.3. The number of fused-ring (bicyclic) bond motifs is 2. The highest BCUT2D eigenvalue weighted by Gasteiger charge is 2.05. The van der Waals surface area contributed by atoms with Gasteiger partial charge in [-0.15, -0.1) is 0 Å². The molecule has 136 valence electrons. The van der Waals surface area contributed by atoms with Crippen LogP contribution in [0.1, 0.15) is 30.7 Å². The minimum atomic E-state index is 0.812. The fraction of sp³-hybridized carbons (Fsp3) is 0.217. The fourth-order valence-electron chi connectivity index (χ4n) is 3.56. The summed E-state index contributed by atoms with van der Waals surface area (Å²) < 4.78 is 0. The van der Waals surface area contributed by atoms with Crippen molar-refractivity contribution in [2.45, 2.75) is 32.1 Å². The third-order valence-electron chi connectivity index (χ3n) is 4.97. The van der Waals surface area contributed by atoms with Gasteiger partial charge in [0, 0.05) is 33.5 Å². The molecule has 4 N–H and O–H groups in total. The zero-order chi connectivity index (χ0) is 18.6. The lowest BCUT2D eigenvalue weighted by Crippen LogP contribution is -1.98. The fourth-order valence-corrected chi connectivity index (χ4v) is 3.56. The van der Waals surface area contributed by atoms with Crippen molar-refractivity contribution < 1.29 is 0 Å². The van der Waals surface area contributed by atoms with E-state index >= 15 is 0 Å². The van der Waals surface area contributed by atoms with Gasteiger partial charge in [-0.3, -0.25) is 9.97 Å². The quantitative estimate of drug-likeness (QED) is 0.482. The predicted molar refractivity (Wildman–Crippen MR) is 114 cm³/mol. The summed E-state index contributed by atoms with van der Waals surface area (Å²) in [6, 6.07) is 20.1. The summed E-state index contributed by atoms with van der Waals surface area (Å²) in [7, 11) is 0. The van der Waals surface area contributed by atoms with E-state index in [2.05, 4.69) is 0 Å². The van der Waals surface area contributed by atoms with Gasteiger partial charge in [-0.1, -0.05) is 42.8 Å². The number of aryl methyl sites for hydroxylation is 2. The highest BCUT2D eigenvalue weighted by molar-refractivity contribution is 5.90. The summed E-state index contributed by atoms with van der Waals surface area (Å²) in [5.74, 6) is 0. The zero-order valence-electron chi connectivity index (χ0n) is 15.4. The molecule has 4 heteroatoms. The van der Waals surface area contributed by atoms with E-state index in [1.165, 1.54) is 0 Å². The number of benzene rings is 2. The van der Waals surface area contributed by atoms with Crippen LogP contribution in [0.3, 0.4) is 0 Å². The molecule has 0 saturated heterocycles. The van der Waals surface area contributed by atoms with Crippen molar-refractivity contribution in [3.05, 3.63) is 72.1 Å². The van der Waals surface area contributed by atoms with Crippen molar-refractivity contribution in [3.63, 3.8) is 0 Å². The number of rotatable bonds is 6. The molecule has 4 nitrogen and oxygen atoms in total. The molecule has 0 spiro atoms. The van der Waals surface area contributed by atoms with Crippen LogP contribution in [0.2, 0.25) is 0 Å². The number of unbranched alkanes of at least 4 members (excludes halogenated alkanes) is 2. The molecule has 0 saturated carbocycles. The van der Waals surface area contributed by atoms with Crippen molar-refractivity contribution in [3.8, 4) is 0 Å². The number of nitrogen functional groups attached to an aromatic ring is 2. The Morgan fingerprint density at radius 1 is 0.593 bits per heavy atom. The molecule has 2 aromatic heterocycles. The van der Waals surface area contributed by atoms with E-state index in [0.717, 1.165) is 76.7 Å². The SMILES string of the molecule is Nc1cc(CCCCCc2cc(N)c3ccccc3n2)nc2ccccc12. The average Bonchev–Trinajstić information content (AvgIpc) is 2.68. The first-order valence-electron chi connectivity index (χ1n) is 9.49. The molecule has 0 fully saturated rings. The number of nitrogens with zero attached hydrogens (tertiary/aromatic N) is 2. The minimum Gasteiger partial charge on any atom is -0.398 e. The highest BCUT2D eigenvalue weighted by atomic mass is 14.7. The van der Waals surface area contributed by atoms with Gasteiger partial charge in [0.1, 0.15) is 0 Å². The highest BCUT2D eigenvalue weighted by Crippen LogP contribution is 2.22. The maximum absolute atomic E-state index is 6.16. The monoisotopic (exact) mass is 356 g/mol. The van der Waals surface area contributed by atoms with Gasteiger partial charge < -0.3 is 11.5 Å². The van der Waals surface area contributed by atoms with Crippen LogP contribution in [0.15, 0.2) is 60.7 Å². The molecule has 2 heterocycles. The van der Waals surface area contributed by atoms with Crippen LogP contribution >= 0.6 is 0 Å². The van der Waals surface area contributed by atoms with Gasteiger partial charge >= 0.3 is 0 Å². The van der Waals surface area contributed by atoms with Crippen molar-refractivity contribution in [2.75, 3.05) is 11.5 Å². The lowest BCUT2D eigenvalue weighted by atomic mass is 10.1. The largest absolute Gasteiger partial charge is 0.398 e. The first-order valence-corrected chi connectivity index (χ1v) is 9.49. The van der Waals surface area contributed by atoms with E-state index < -0.39 is 0 Å². The maximum atomic E-state index is 6.16. The molecular weight excluding hydrogens is 332 g/mol. The van der Waals surface area contributed by atoms with Gasteiger partial charge in [-0.05, 0) is 49.9 Å². The maximum Gasteiger partial charge on any atom is 0.0725 e. The van der Waals surface area contributed by atoms with E-state index in [9.17, 15) is 0 Å². The predicted octanol–water partition coefficient (Wildman–Crippen LogP) is 4.90. The lowest BCUT2D eigenvalue weighted by molar-refractivity contribution is 0.667. The topological polar surface area (TPSA) is 77.8 Å². The van der Waals surface area contributed by atoms with Crippen LogP contribution in [0.4, 0.5) is 11.4 Å². The minimum absolute atomic E-state index is 0.812. The molecule has 0 aliphatic carbocycles. The van der Waals surface area contributed by atoms with Gasteiger partial charge in [0.2, 0.25) is 0 Å². The Kier molecular flexibility index (Phi) is 4.88. The van der Waals surface area contributed by atoms with Crippen LogP contribution in [0.25, 0.3) is 21.8 Å². The second-order valence-electron chi connectivity index (χ2n) is 7.00. The molecule has 4 rings (SSSR count). The van der Waals surface area contributed by atoms with E-state index in [0.29, 0.717) is 0 Å². The summed E-state index contributed by atoms with van der Waals surface area (Å²) in [5.41, 5.74) is 18.0. The zero-order valence-corrected chi connectivity index (χ0v) is 15.4. The summed E-state index contributed by atoms with van der Waals surface area (Å²) >= 11 is 0. The number of hydrogen-bond donors (Lipinski definition) is 2. The van der Waals surface area contributed by atoms with Crippen molar-refractivity contribution in [1.82, 2.24) is 9.97 Å². The molecule has 0 amide bonds. The van der Waals surface area contributed by atoms with Gasteiger partial charge in [0.05, 0.1) is 11.0 Å². The molecule has 0 bridgehead atoms. The smallest absolute Gasteiger partial charge is 0.0725 e. The number of pyridine rings is 2. The third-order valence-corrected chi connectivity index (χ3v) is 4.97. The van der Waals surface area contributed by atoms with Crippen LogP contribution in [-0.4, -0.2) is 9.97 Å². The van der Waals surface area contributed by atoms with E-state index in [1.54, 1.807) is 0 Å². The second kappa shape index (κ2) is 7.62. The molecule has 0 aliphatic heterocycles. The number of hydrogen-bond acceptors (Lipinski definition) is 4. The first-order chi connectivity index (χ1) is 13.2. The van der Waals surface area contributed by atoms with Gasteiger partial charge in [0.15, 0.2) is 0 Å². The summed E-state index contributed by atoms with van der Waals surface area (Å²) in [6.45, 7) is 0. The van der Waals surface area contributed by atoms with Gasteiger partial charge in [-0.2, -0.15) is 0 Å². The Morgan fingerprint density at radius 2 is 1.04 bits per heavy atom. The number of aromatic nitrogens is 2. The molecule has 0 unspecified atom stereocenters. The summed E-state index contributed by atoms with van der Waals surface area (Å²) in [6.07, 6.45) is 5.20.